The normalized spacial score (nSPS) is 15.1. The monoisotopic (exact) mass is 288 g/mol. The Balaban J connectivity index is -0.000000152. The Labute approximate surface area is 109 Å². The maximum atomic E-state index is 9.90. The molecule has 0 heterocycles. The molecule has 98 valence electrons. The molecule has 0 rings (SSSR count). The number of aliphatic hydroxyl groups is 5. The van der Waals surface area contributed by atoms with E-state index in [1.165, 1.54) is 0 Å². The van der Waals surface area contributed by atoms with Gasteiger partial charge in [0, 0.05) is 0 Å². The van der Waals surface area contributed by atoms with Crippen molar-refractivity contribution in [3.8, 4) is 0 Å². The molecule has 4 atom stereocenters. The van der Waals surface area contributed by atoms with Crippen molar-refractivity contribution in [1.29, 1.82) is 10.5 Å². The van der Waals surface area contributed by atoms with Crippen LogP contribution in [0.15, 0.2) is 0 Å². The molecule has 9 heteroatoms. The number of rotatable bonds is 5. The van der Waals surface area contributed by atoms with Gasteiger partial charge in [0.25, 0.3) is 0 Å². The van der Waals surface area contributed by atoms with Crippen molar-refractivity contribution in [3.05, 3.63) is 13.1 Å². The first-order valence-electron chi connectivity index (χ1n) is 3.77. The largest absolute Gasteiger partial charge is 2.00 e. The van der Waals surface area contributed by atoms with E-state index in [2.05, 4.69) is 0 Å². The van der Waals surface area contributed by atoms with Gasteiger partial charge in [-0.05, 0) is 0 Å². The minimum Gasteiger partial charge on any atom is -0.512 e. The van der Waals surface area contributed by atoms with Crippen LogP contribution in [0.2, 0.25) is 0 Å². The molecule has 0 spiro atoms. The molecule has 0 amide bonds. The molecule has 0 aliphatic heterocycles. The van der Waals surface area contributed by atoms with Gasteiger partial charge in [-0.15, -0.1) is 0 Å². The molecule has 4 unspecified atom stereocenters. The van der Waals surface area contributed by atoms with E-state index < -0.39 is 31.0 Å². The molecule has 0 fully saturated rings. The van der Waals surface area contributed by atoms with E-state index in [0.29, 0.717) is 0 Å². The van der Waals surface area contributed by atoms with Gasteiger partial charge in [-0.3, -0.25) is 0 Å². The Morgan fingerprint density at radius 1 is 1.00 bits per heavy atom. The maximum absolute atomic E-state index is 9.90. The number of carbonyl (C=O) groups is 1. The van der Waals surface area contributed by atoms with E-state index >= 15 is 0 Å². The zero-order valence-corrected chi connectivity index (χ0v) is 9.59. The van der Waals surface area contributed by atoms with Crippen molar-refractivity contribution in [2.24, 2.45) is 0 Å². The van der Waals surface area contributed by atoms with Crippen LogP contribution in [0.1, 0.15) is 0 Å². The molecular weight excluding hydrogens is 276 g/mol. The second kappa shape index (κ2) is 17.4. The zero-order valence-electron chi connectivity index (χ0n) is 8.49. The molecule has 8 nitrogen and oxygen atoms in total. The Hall–Kier alpha value is -1.03. The zero-order chi connectivity index (χ0) is 13.7. The molecule has 0 saturated heterocycles. The number of aldehydes is 1. The third-order valence-corrected chi connectivity index (χ3v) is 1.42. The molecule has 5 N–H and O–H groups in total. The number of hydrogen-bond acceptors (Lipinski definition) is 8. The van der Waals surface area contributed by atoms with Crippen LogP contribution in [0.4, 0.5) is 0 Å². The third-order valence-electron chi connectivity index (χ3n) is 1.42. The summed E-state index contributed by atoms with van der Waals surface area (Å²) in [6.45, 7) is 8.74. The van der Waals surface area contributed by atoms with E-state index in [4.69, 9.17) is 49.2 Å². The topological polar surface area (TPSA) is 166 Å². The van der Waals surface area contributed by atoms with E-state index in [-0.39, 0.29) is 23.4 Å². The van der Waals surface area contributed by atoms with E-state index in [0.717, 1.165) is 0 Å². The standard InChI is InChI=1S/C6H12O6.2CN.Fe/c7-1-3(9)5(11)6(12)4(10)2-8;2*1-2;/h1,3-6,8-12H,2H2;;;/q;2*-1;+2. The summed E-state index contributed by atoms with van der Waals surface area (Å²) in [6.07, 6.45) is -6.84. The fourth-order valence-electron chi connectivity index (χ4n) is 0.618. The molecular formula is C8H12FeN2O6. The van der Waals surface area contributed by atoms with Crippen LogP contribution in [0.3, 0.4) is 0 Å². The van der Waals surface area contributed by atoms with Gasteiger partial charge in [0.05, 0.1) is 6.61 Å². The second-order valence-electron chi connectivity index (χ2n) is 2.36. The van der Waals surface area contributed by atoms with Crippen LogP contribution >= 0.6 is 0 Å². The van der Waals surface area contributed by atoms with Gasteiger partial charge in [0.1, 0.15) is 24.4 Å². The average Bonchev–Trinajstić information content (AvgIpc) is 2.39. The summed E-state index contributed by atoms with van der Waals surface area (Å²) in [6, 6.07) is 0. The molecule has 0 saturated carbocycles. The van der Waals surface area contributed by atoms with Crippen molar-refractivity contribution in [2.45, 2.75) is 24.4 Å². The summed E-state index contributed by atoms with van der Waals surface area (Å²) in [5.41, 5.74) is 0. The molecule has 0 aliphatic rings. The van der Waals surface area contributed by atoms with E-state index in [1.807, 2.05) is 0 Å². The van der Waals surface area contributed by atoms with Crippen molar-refractivity contribution in [2.75, 3.05) is 6.61 Å². The summed E-state index contributed by atoms with van der Waals surface area (Å²) in [4.78, 5) is 9.90. The van der Waals surface area contributed by atoms with Crippen LogP contribution < -0.4 is 0 Å². The quantitative estimate of drug-likeness (QED) is 0.200. The minimum absolute atomic E-state index is 0. The average molecular weight is 288 g/mol. The second-order valence-corrected chi connectivity index (χ2v) is 2.36. The van der Waals surface area contributed by atoms with Gasteiger partial charge in [-0.1, -0.05) is 0 Å². The third kappa shape index (κ3) is 11.2. The van der Waals surface area contributed by atoms with Crippen molar-refractivity contribution >= 4 is 6.29 Å². The van der Waals surface area contributed by atoms with Gasteiger partial charge in [0.15, 0.2) is 6.29 Å². The maximum Gasteiger partial charge on any atom is 2.00 e. The van der Waals surface area contributed by atoms with Crippen LogP contribution in [0.25, 0.3) is 0 Å². The first-order chi connectivity index (χ1) is 7.54. The smallest absolute Gasteiger partial charge is 0.512 e. The molecule has 0 aromatic heterocycles. The summed E-state index contributed by atoms with van der Waals surface area (Å²) in [5.74, 6) is 0. The van der Waals surface area contributed by atoms with Crippen LogP contribution in [0.5, 0.6) is 0 Å². The number of carbonyl (C=O) groups excluding carboxylic acids is 1. The number of nitrogens with zero attached hydrogens (tertiary/aromatic N) is 2. The summed E-state index contributed by atoms with van der Waals surface area (Å²) in [7, 11) is 0. The van der Waals surface area contributed by atoms with Crippen molar-refractivity contribution < 1.29 is 47.4 Å². The van der Waals surface area contributed by atoms with Gasteiger partial charge in [-0.25, -0.2) is 0 Å². The number of aliphatic hydroxyl groups excluding tert-OH is 5. The van der Waals surface area contributed by atoms with Crippen molar-refractivity contribution in [3.63, 3.8) is 0 Å². The Bertz CT molecular complexity index is 207. The molecule has 0 aliphatic carbocycles. The van der Waals surface area contributed by atoms with Gasteiger partial charge in [0.2, 0.25) is 0 Å². The number of hydrogen-bond donors (Lipinski definition) is 5. The predicted octanol–water partition coefficient (Wildman–Crippen LogP) is -3.19. The first kappa shape index (κ1) is 25.0. The fraction of sp³-hybridized carbons (Fsp3) is 0.625. The first-order valence-corrected chi connectivity index (χ1v) is 3.77. The van der Waals surface area contributed by atoms with Gasteiger partial charge in [-0.2, -0.15) is 0 Å². The van der Waals surface area contributed by atoms with Gasteiger partial charge >= 0.3 is 17.1 Å². The molecule has 0 bridgehead atoms. The fourth-order valence-corrected chi connectivity index (χ4v) is 0.618. The van der Waals surface area contributed by atoms with Crippen molar-refractivity contribution in [1.82, 2.24) is 0 Å². The summed E-state index contributed by atoms with van der Waals surface area (Å²) < 4.78 is 0. The SMILES string of the molecule is O=CC(O)C(O)C(O)C(O)CO.[C-]#N.[C-]#N.[Fe+2]. The Morgan fingerprint density at radius 2 is 1.35 bits per heavy atom. The predicted molar refractivity (Wildman–Crippen MR) is 47.1 cm³/mol. The van der Waals surface area contributed by atoms with Gasteiger partial charge < -0.3 is 54.0 Å². The minimum atomic E-state index is -1.79. The molecule has 17 heavy (non-hydrogen) atoms. The Morgan fingerprint density at radius 3 is 1.59 bits per heavy atom. The molecule has 0 aromatic rings. The molecule has 0 radical (unpaired) electrons. The molecule has 0 aromatic carbocycles. The van der Waals surface area contributed by atoms with E-state index in [1.54, 1.807) is 0 Å². The summed E-state index contributed by atoms with van der Waals surface area (Å²) >= 11 is 0. The Kier molecular flexibility index (Phi) is 25.5. The van der Waals surface area contributed by atoms with Crippen LogP contribution in [0, 0.1) is 23.7 Å². The van der Waals surface area contributed by atoms with Crippen LogP contribution in [-0.2, 0) is 21.9 Å². The summed E-state index contributed by atoms with van der Waals surface area (Å²) in [5, 5.41) is 56.0. The van der Waals surface area contributed by atoms with Crippen LogP contribution in [-0.4, -0.2) is 62.8 Å². The van der Waals surface area contributed by atoms with E-state index in [9.17, 15) is 4.79 Å².